The molecule has 2 N–H and O–H groups in total. The van der Waals surface area contributed by atoms with Gasteiger partial charge in [0.2, 0.25) is 5.82 Å². The monoisotopic (exact) mass is 294 g/mol. The molecule has 0 bridgehead atoms. The summed E-state index contributed by atoms with van der Waals surface area (Å²) in [5, 5.41) is 15.6. The van der Waals surface area contributed by atoms with Gasteiger partial charge in [0.15, 0.2) is 0 Å². The molecule has 0 saturated carbocycles. The summed E-state index contributed by atoms with van der Waals surface area (Å²) in [7, 11) is 0. The van der Waals surface area contributed by atoms with Crippen molar-refractivity contribution in [3.8, 4) is 0 Å². The zero-order valence-corrected chi connectivity index (χ0v) is 12.3. The van der Waals surface area contributed by atoms with Crippen molar-refractivity contribution in [1.82, 2.24) is 20.1 Å². The number of carboxylic acid groups (broad SMARTS) is 1. The molecule has 1 aromatic heterocycles. The third-order valence-corrected chi connectivity index (χ3v) is 3.79. The van der Waals surface area contributed by atoms with Gasteiger partial charge in [0, 0.05) is 25.4 Å². The Bertz CT molecular complexity index is 500. The van der Waals surface area contributed by atoms with Gasteiger partial charge in [0.05, 0.1) is 0 Å². The van der Waals surface area contributed by atoms with E-state index in [1.807, 2.05) is 6.92 Å². The van der Waals surface area contributed by atoms with Crippen LogP contribution in [0, 0.1) is 0 Å². The Hall–Kier alpha value is -1.92. The molecule has 116 valence electrons. The molecule has 1 amide bonds. The number of H-pyrrole nitrogens is 1. The van der Waals surface area contributed by atoms with Gasteiger partial charge >= 0.3 is 5.97 Å². The Kier molecular flexibility index (Phi) is 5.30. The van der Waals surface area contributed by atoms with Gasteiger partial charge in [-0.15, -0.1) is 5.10 Å². The van der Waals surface area contributed by atoms with Crippen LogP contribution in [-0.2, 0) is 11.2 Å². The van der Waals surface area contributed by atoms with Gasteiger partial charge in [-0.05, 0) is 32.1 Å². The van der Waals surface area contributed by atoms with Gasteiger partial charge in [-0.1, -0.05) is 6.92 Å². The van der Waals surface area contributed by atoms with Crippen LogP contribution < -0.4 is 0 Å². The number of carboxylic acids is 1. The molecule has 7 heteroatoms. The van der Waals surface area contributed by atoms with Crippen LogP contribution in [0.1, 0.15) is 61.9 Å². The summed E-state index contributed by atoms with van der Waals surface area (Å²) in [5.41, 5.74) is 0. The first-order chi connectivity index (χ1) is 10.1. The number of hydrogen-bond donors (Lipinski definition) is 2. The molecular weight excluding hydrogens is 272 g/mol. The van der Waals surface area contributed by atoms with E-state index in [-0.39, 0.29) is 24.2 Å². The maximum Gasteiger partial charge on any atom is 0.303 e. The summed E-state index contributed by atoms with van der Waals surface area (Å²) in [4.78, 5) is 29.2. The van der Waals surface area contributed by atoms with Crippen molar-refractivity contribution in [3.05, 3.63) is 11.6 Å². The first-order valence-electron chi connectivity index (χ1n) is 7.56. The second-order valence-corrected chi connectivity index (χ2v) is 5.44. The fraction of sp³-hybridized carbons (Fsp3) is 0.714. The van der Waals surface area contributed by atoms with Gasteiger partial charge in [-0.25, -0.2) is 4.98 Å². The first kappa shape index (κ1) is 15.5. The number of aliphatic carboxylic acids is 1. The third kappa shape index (κ3) is 4.03. The van der Waals surface area contributed by atoms with Crippen molar-refractivity contribution < 1.29 is 14.7 Å². The van der Waals surface area contributed by atoms with Crippen LogP contribution in [0.2, 0.25) is 0 Å². The van der Waals surface area contributed by atoms with E-state index in [4.69, 9.17) is 5.11 Å². The predicted molar refractivity (Wildman–Crippen MR) is 75.9 cm³/mol. The average Bonchev–Trinajstić information content (AvgIpc) is 2.94. The zero-order valence-electron chi connectivity index (χ0n) is 12.3. The number of hydrogen-bond acceptors (Lipinski definition) is 4. The van der Waals surface area contributed by atoms with Crippen molar-refractivity contribution >= 4 is 11.9 Å². The highest BCUT2D eigenvalue weighted by molar-refractivity contribution is 5.90. The number of aromatic nitrogens is 3. The molecule has 0 spiro atoms. The molecule has 1 aliphatic heterocycles. The van der Waals surface area contributed by atoms with Crippen molar-refractivity contribution in [1.29, 1.82) is 0 Å². The van der Waals surface area contributed by atoms with Gasteiger partial charge in [-0.3, -0.25) is 14.7 Å². The SMILES string of the molecule is CCCc1nc(C(=O)N2CCCCC2CCC(=O)O)n[nH]1. The molecule has 0 radical (unpaired) electrons. The van der Waals surface area contributed by atoms with Crippen LogP contribution in [0.25, 0.3) is 0 Å². The number of aromatic amines is 1. The Morgan fingerprint density at radius 2 is 2.24 bits per heavy atom. The number of nitrogens with one attached hydrogen (secondary N) is 1. The minimum Gasteiger partial charge on any atom is -0.481 e. The Balaban J connectivity index is 2.04. The topological polar surface area (TPSA) is 99.2 Å². The highest BCUT2D eigenvalue weighted by Crippen LogP contribution is 2.22. The molecule has 2 heterocycles. The number of aryl methyl sites for hydroxylation is 1. The molecule has 1 atom stereocenters. The van der Waals surface area contributed by atoms with Crippen LogP contribution >= 0.6 is 0 Å². The van der Waals surface area contributed by atoms with Crippen LogP contribution in [0.5, 0.6) is 0 Å². The summed E-state index contributed by atoms with van der Waals surface area (Å²) in [6.07, 6.45) is 5.11. The number of rotatable bonds is 6. The summed E-state index contributed by atoms with van der Waals surface area (Å²) in [6, 6.07) is -0.0181. The quantitative estimate of drug-likeness (QED) is 0.830. The third-order valence-electron chi connectivity index (χ3n) is 3.79. The van der Waals surface area contributed by atoms with E-state index >= 15 is 0 Å². The highest BCUT2D eigenvalue weighted by atomic mass is 16.4. The molecular formula is C14H22N4O3. The molecule has 1 aromatic rings. The van der Waals surface area contributed by atoms with E-state index in [9.17, 15) is 9.59 Å². The molecule has 1 saturated heterocycles. The van der Waals surface area contributed by atoms with Crippen molar-refractivity contribution in [2.45, 2.75) is 57.9 Å². The summed E-state index contributed by atoms with van der Waals surface area (Å²) < 4.78 is 0. The van der Waals surface area contributed by atoms with E-state index < -0.39 is 5.97 Å². The summed E-state index contributed by atoms with van der Waals surface area (Å²) >= 11 is 0. The zero-order chi connectivity index (χ0) is 15.2. The van der Waals surface area contributed by atoms with E-state index in [0.29, 0.717) is 13.0 Å². The molecule has 0 aromatic carbocycles. The molecule has 0 aliphatic carbocycles. The van der Waals surface area contributed by atoms with Gasteiger partial charge in [0.25, 0.3) is 5.91 Å². The Morgan fingerprint density at radius 3 is 2.95 bits per heavy atom. The lowest BCUT2D eigenvalue weighted by Gasteiger charge is -2.34. The first-order valence-corrected chi connectivity index (χ1v) is 7.56. The largest absolute Gasteiger partial charge is 0.481 e. The van der Waals surface area contributed by atoms with Gasteiger partial charge < -0.3 is 10.0 Å². The van der Waals surface area contributed by atoms with Crippen LogP contribution in [0.4, 0.5) is 0 Å². The van der Waals surface area contributed by atoms with Crippen molar-refractivity contribution in [3.63, 3.8) is 0 Å². The van der Waals surface area contributed by atoms with Gasteiger partial charge in [-0.2, -0.15) is 0 Å². The number of likely N-dealkylation sites (tertiary alicyclic amines) is 1. The maximum absolute atomic E-state index is 12.5. The second-order valence-electron chi connectivity index (χ2n) is 5.44. The normalized spacial score (nSPS) is 18.7. The standard InChI is InChI=1S/C14H22N4O3/c1-2-5-11-15-13(17-16-11)14(21)18-9-4-3-6-10(18)7-8-12(19)20/h10H,2-9H2,1H3,(H,19,20)(H,15,16,17). The second kappa shape index (κ2) is 7.19. The van der Waals surface area contributed by atoms with Gasteiger partial charge in [0.1, 0.15) is 5.82 Å². The van der Waals surface area contributed by atoms with Crippen LogP contribution in [-0.4, -0.2) is 49.7 Å². The van der Waals surface area contributed by atoms with E-state index in [1.54, 1.807) is 4.90 Å². The average molecular weight is 294 g/mol. The molecule has 1 unspecified atom stereocenters. The van der Waals surface area contributed by atoms with E-state index in [1.165, 1.54) is 0 Å². The number of amides is 1. The van der Waals surface area contributed by atoms with Crippen molar-refractivity contribution in [2.75, 3.05) is 6.54 Å². The van der Waals surface area contributed by atoms with E-state index in [0.717, 1.165) is 37.9 Å². The number of nitrogens with zero attached hydrogens (tertiary/aromatic N) is 3. The lowest BCUT2D eigenvalue weighted by Crippen LogP contribution is -2.44. The fourth-order valence-corrected chi connectivity index (χ4v) is 2.73. The highest BCUT2D eigenvalue weighted by Gasteiger charge is 2.29. The Morgan fingerprint density at radius 1 is 1.43 bits per heavy atom. The predicted octanol–water partition coefficient (Wildman–Crippen LogP) is 1.62. The number of carbonyl (C=O) groups is 2. The van der Waals surface area contributed by atoms with Crippen LogP contribution in [0.3, 0.4) is 0 Å². The Labute approximate surface area is 123 Å². The van der Waals surface area contributed by atoms with E-state index in [2.05, 4.69) is 15.2 Å². The summed E-state index contributed by atoms with van der Waals surface area (Å²) in [5.74, 6) is -0.0968. The lowest BCUT2D eigenvalue weighted by molar-refractivity contribution is -0.137. The minimum absolute atomic E-state index is 0.0181. The number of carbonyl (C=O) groups excluding carboxylic acids is 1. The maximum atomic E-state index is 12.5. The van der Waals surface area contributed by atoms with Crippen LogP contribution in [0.15, 0.2) is 0 Å². The lowest BCUT2D eigenvalue weighted by atomic mass is 9.98. The number of piperidine rings is 1. The molecule has 1 aliphatic rings. The molecule has 7 nitrogen and oxygen atoms in total. The molecule has 21 heavy (non-hydrogen) atoms. The minimum atomic E-state index is -0.823. The molecule has 1 fully saturated rings. The fourth-order valence-electron chi connectivity index (χ4n) is 2.73. The molecule has 2 rings (SSSR count). The summed E-state index contributed by atoms with van der Waals surface area (Å²) in [6.45, 7) is 2.69. The smallest absolute Gasteiger partial charge is 0.303 e. The van der Waals surface area contributed by atoms with Crippen molar-refractivity contribution in [2.24, 2.45) is 0 Å².